The van der Waals surface area contributed by atoms with E-state index in [2.05, 4.69) is 20.6 Å². The Balaban J connectivity index is 1.46. The molecule has 2 aromatic carbocycles. The van der Waals surface area contributed by atoms with Crippen LogP contribution in [0.1, 0.15) is 22.8 Å². The number of halogens is 1. The third kappa shape index (κ3) is 4.89. The van der Waals surface area contributed by atoms with Crippen LogP contribution in [0.15, 0.2) is 60.9 Å². The van der Waals surface area contributed by atoms with E-state index in [1.165, 1.54) is 0 Å². The number of H-pyrrole nitrogens is 1. The number of methoxy groups -OCH3 is 1. The van der Waals surface area contributed by atoms with E-state index in [0.29, 0.717) is 58.2 Å². The Labute approximate surface area is 218 Å². The lowest BCUT2D eigenvalue weighted by Gasteiger charge is -2.35. The van der Waals surface area contributed by atoms with Crippen molar-refractivity contribution in [2.75, 3.05) is 37.6 Å². The molecule has 1 atom stereocenters. The number of fused-ring (bicyclic) bond motifs is 3. The monoisotopic (exact) mass is 520 g/mol. The molecule has 0 aliphatic carbocycles. The zero-order valence-electron chi connectivity index (χ0n) is 20.3. The summed E-state index contributed by atoms with van der Waals surface area (Å²) in [5.41, 5.74) is 1.15. The number of benzene rings is 2. The second-order valence-electron chi connectivity index (χ2n) is 8.82. The van der Waals surface area contributed by atoms with Crippen molar-refractivity contribution in [3.05, 3.63) is 77.1 Å². The van der Waals surface area contributed by atoms with Gasteiger partial charge in [-0.15, -0.1) is 0 Å². The summed E-state index contributed by atoms with van der Waals surface area (Å²) in [4.78, 5) is 33.9. The van der Waals surface area contributed by atoms with Crippen LogP contribution in [0, 0.1) is 0 Å². The summed E-state index contributed by atoms with van der Waals surface area (Å²) in [5.74, 6) is 0.613. The Kier molecular flexibility index (Phi) is 6.84. The summed E-state index contributed by atoms with van der Waals surface area (Å²) in [6.07, 6.45) is 3.14. The molecule has 4 aromatic rings. The van der Waals surface area contributed by atoms with E-state index in [4.69, 9.17) is 25.8 Å². The van der Waals surface area contributed by atoms with Crippen LogP contribution in [0.2, 0.25) is 5.02 Å². The average molecular weight is 521 g/mol. The Morgan fingerprint density at radius 1 is 1.08 bits per heavy atom. The number of carbonyl (C=O) groups excluding carboxylic acids is 2. The molecule has 0 saturated heterocycles. The first-order chi connectivity index (χ1) is 17.9. The van der Waals surface area contributed by atoms with Gasteiger partial charge in [-0.25, -0.2) is 4.98 Å². The Bertz CT molecular complexity index is 1470. The van der Waals surface area contributed by atoms with Crippen LogP contribution in [0.4, 0.5) is 11.4 Å². The van der Waals surface area contributed by atoms with Crippen LogP contribution >= 0.6 is 11.6 Å². The van der Waals surface area contributed by atoms with Gasteiger partial charge in [0.25, 0.3) is 5.91 Å². The van der Waals surface area contributed by atoms with E-state index >= 15 is 0 Å². The smallest absolute Gasteiger partial charge is 0.252 e. The highest BCUT2D eigenvalue weighted by atomic mass is 35.5. The average Bonchev–Trinajstić information content (AvgIpc) is 3.33. The number of nitrogens with zero attached hydrogens (tertiary/aromatic N) is 1. The number of ether oxygens (including phenoxy) is 3. The summed E-state index contributed by atoms with van der Waals surface area (Å²) < 4.78 is 16.5. The van der Waals surface area contributed by atoms with E-state index in [0.717, 1.165) is 0 Å². The van der Waals surface area contributed by atoms with Crippen LogP contribution in [0.25, 0.3) is 11.0 Å². The standard InChI is InChI=1S/C27H25ClN4O5/c1-27(15-36-11-10-35-2)26(34)31-21-14-30-25-22(23(21)32-27)19(13-29-25)24(33)18-9-8-17(12-20(18)28)37-16-6-4-3-5-7-16/h3-9,12-14,32H,10-11,15H2,1-2H3,(H,29,30)(H,31,34)/t27-/m0/s1. The Morgan fingerprint density at radius 2 is 1.89 bits per heavy atom. The minimum Gasteiger partial charge on any atom is -0.457 e. The molecule has 0 fully saturated rings. The van der Waals surface area contributed by atoms with Gasteiger partial charge in [0.2, 0.25) is 0 Å². The van der Waals surface area contributed by atoms with Gasteiger partial charge in [0.05, 0.1) is 53.4 Å². The molecular weight excluding hydrogens is 496 g/mol. The molecule has 190 valence electrons. The largest absolute Gasteiger partial charge is 0.457 e. The van der Waals surface area contributed by atoms with Crippen LogP contribution in [0.5, 0.6) is 11.5 Å². The minimum atomic E-state index is -1.07. The highest BCUT2D eigenvalue weighted by molar-refractivity contribution is 6.36. The number of hydrogen-bond donors (Lipinski definition) is 3. The molecule has 9 nitrogen and oxygen atoms in total. The quantitative estimate of drug-likeness (QED) is 0.209. The molecule has 3 heterocycles. The number of aromatic amines is 1. The van der Waals surface area contributed by atoms with E-state index < -0.39 is 5.54 Å². The predicted molar refractivity (Wildman–Crippen MR) is 141 cm³/mol. The molecule has 5 rings (SSSR count). The van der Waals surface area contributed by atoms with Gasteiger partial charge in [0.1, 0.15) is 22.7 Å². The molecule has 2 aromatic heterocycles. The second-order valence-corrected chi connectivity index (χ2v) is 9.22. The fraction of sp³-hybridized carbons (Fsp3) is 0.222. The lowest BCUT2D eigenvalue weighted by Crippen LogP contribution is -2.53. The van der Waals surface area contributed by atoms with Gasteiger partial charge < -0.3 is 29.8 Å². The van der Waals surface area contributed by atoms with Crippen molar-refractivity contribution in [1.29, 1.82) is 0 Å². The van der Waals surface area contributed by atoms with Gasteiger partial charge in [0, 0.05) is 24.9 Å². The molecule has 37 heavy (non-hydrogen) atoms. The molecule has 0 radical (unpaired) electrons. The fourth-order valence-corrected chi connectivity index (χ4v) is 4.38. The Hall–Kier alpha value is -3.92. The first-order valence-corrected chi connectivity index (χ1v) is 12.0. The number of anilines is 2. The van der Waals surface area contributed by atoms with Crippen molar-refractivity contribution in [3.63, 3.8) is 0 Å². The molecule has 0 saturated carbocycles. The van der Waals surface area contributed by atoms with Crippen molar-refractivity contribution < 1.29 is 23.8 Å². The van der Waals surface area contributed by atoms with Crippen molar-refractivity contribution in [1.82, 2.24) is 9.97 Å². The zero-order valence-corrected chi connectivity index (χ0v) is 21.0. The van der Waals surface area contributed by atoms with Gasteiger partial charge in [0.15, 0.2) is 5.78 Å². The molecule has 1 aliphatic heterocycles. The number of carbonyl (C=O) groups is 2. The second kappa shape index (κ2) is 10.2. The molecule has 0 spiro atoms. The summed E-state index contributed by atoms with van der Waals surface area (Å²) in [7, 11) is 1.58. The summed E-state index contributed by atoms with van der Waals surface area (Å²) in [5, 5.41) is 6.96. The van der Waals surface area contributed by atoms with Gasteiger partial charge in [-0.3, -0.25) is 9.59 Å². The molecule has 10 heteroatoms. The summed E-state index contributed by atoms with van der Waals surface area (Å²) >= 11 is 6.52. The van der Waals surface area contributed by atoms with E-state index in [9.17, 15) is 9.59 Å². The molecule has 0 unspecified atom stereocenters. The number of rotatable bonds is 9. The maximum atomic E-state index is 13.6. The van der Waals surface area contributed by atoms with Crippen LogP contribution < -0.4 is 15.4 Å². The SMILES string of the molecule is COCCOC[C@]1(C)Nc2c(cnc3[nH]cc(C(=O)c4ccc(Oc5ccccc5)cc4Cl)c23)NC1=O. The fourth-order valence-electron chi connectivity index (χ4n) is 4.13. The number of ketones is 1. The lowest BCUT2D eigenvalue weighted by molar-refractivity contribution is -0.122. The minimum absolute atomic E-state index is 0.105. The van der Waals surface area contributed by atoms with Crippen molar-refractivity contribution in [3.8, 4) is 11.5 Å². The molecule has 1 amide bonds. The predicted octanol–water partition coefficient (Wildman–Crippen LogP) is 5.03. The molecular formula is C27H25ClN4O5. The Morgan fingerprint density at radius 3 is 2.65 bits per heavy atom. The van der Waals surface area contributed by atoms with Gasteiger partial charge in [-0.2, -0.15) is 0 Å². The number of amides is 1. The zero-order chi connectivity index (χ0) is 26.0. The van der Waals surface area contributed by atoms with E-state index in [1.54, 1.807) is 44.6 Å². The first-order valence-electron chi connectivity index (χ1n) is 11.6. The highest BCUT2D eigenvalue weighted by Gasteiger charge is 2.39. The molecule has 3 N–H and O–H groups in total. The van der Waals surface area contributed by atoms with E-state index in [-0.39, 0.29) is 23.3 Å². The number of para-hydroxylation sites is 1. The normalized spacial score (nSPS) is 16.7. The van der Waals surface area contributed by atoms with Gasteiger partial charge >= 0.3 is 0 Å². The van der Waals surface area contributed by atoms with Crippen molar-refractivity contribution in [2.24, 2.45) is 0 Å². The highest BCUT2D eigenvalue weighted by Crippen LogP contribution is 2.39. The van der Waals surface area contributed by atoms with Crippen molar-refractivity contribution >= 4 is 45.7 Å². The topological polar surface area (TPSA) is 115 Å². The third-order valence-electron chi connectivity index (χ3n) is 6.08. The lowest BCUT2D eigenvalue weighted by atomic mass is 9.96. The maximum Gasteiger partial charge on any atom is 0.252 e. The summed E-state index contributed by atoms with van der Waals surface area (Å²) in [6, 6.07) is 14.2. The number of nitrogens with one attached hydrogen (secondary N) is 3. The van der Waals surface area contributed by atoms with Gasteiger partial charge in [-0.05, 0) is 31.2 Å². The number of pyridine rings is 1. The first kappa shape index (κ1) is 24.8. The van der Waals surface area contributed by atoms with Crippen molar-refractivity contribution in [2.45, 2.75) is 12.5 Å². The number of aromatic nitrogens is 2. The van der Waals surface area contributed by atoms with Crippen LogP contribution in [-0.4, -0.2) is 54.1 Å². The molecule has 0 bridgehead atoms. The maximum absolute atomic E-state index is 13.6. The van der Waals surface area contributed by atoms with Crippen LogP contribution in [0.3, 0.4) is 0 Å². The van der Waals surface area contributed by atoms with Crippen LogP contribution in [-0.2, 0) is 14.3 Å². The van der Waals surface area contributed by atoms with Gasteiger partial charge in [-0.1, -0.05) is 29.8 Å². The summed E-state index contributed by atoms with van der Waals surface area (Å²) in [6.45, 7) is 2.60. The van der Waals surface area contributed by atoms with E-state index in [1.807, 2.05) is 30.3 Å². The number of hydrogen-bond acceptors (Lipinski definition) is 7. The third-order valence-corrected chi connectivity index (χ3v) is 6.40. The molecule has 1 aliphatic rings.